The van der Waals surface area contributed by atoms with E-state index in [1.54, 1.807) is 0 Å². The second kappa shape index (κ2) is 8.91. The molecule has 1 N–H and O–H groups in total. The van der Waals surface area contributed by atoms with Gasteiger partial charge in [0.2, 0.25) is 5.91 Å². The Balaban J connectivity index is 1.48. The largest absolute Gasteiger partial charge is 0.374 e. The van der Waals surface area contributed by atoms with Crippen molar-refractivity contribution < 1.29 is 4.79 Å². The molecule has 1 fully saturated rings. The molecule has 2 aromatic rings. The van der Waals surface area contributed by atoms with E-state index in [2.05, 4.69) is 53.5 Å². The Kier molecular flexibility index (Phi) is 6.10. The second-order valence-electron chi connectivity index (χ2n) is 7.65. The summed E-state index contributed by atoms with van der Waals surface area (Å²) in [5.41, 5.74) is 3.33. The molecule has 0 aliphatic carbocycles. The zero-order valence-electron chi connectivity index (χ0n) is 16.6. The van der Waals surface area contributed by atoms with Gasteiger partial charge < -0.3 is 15.1 Å². The van der Waals surface area contributed by atoms with Crippen molar-refractivity contribution in [2.45, 2.75) is 42.8 Å². The van der Waals surface area contributed by atoms with Gasteiger partial charge in [0.25, 0.3) is 0 Å². The number of thioether (sulfide) groups is 1. The number of hydrogen-bond acceptors (Lipinski definition) is 4. The Bertz CT molecular complexity index is 819. The summed E-state index contributed by atoms with van der Waals surface area (Å²) < 4.78 is 0. The first-order valence-corrected chi connectivity index (χ1v) is 11.2. The molecule has 148 valence electrons. The van der Waals surface area contributed by atoms with Gasteiger partial charge in [0.05, 0.1) is 23.6 Å². The van der Waals surface area contributed by atoms with Gasteiger partial charge >= 0.3 is 0 Å². The molecule has 1 amide bonds. The molecule has 0 unspecified atom stereocenters. The van der Waals surface area contributed by atoms with E-state index < -0.39 is 0 Å². The summed E-state index contributed by atoms with van der Waals surface area (Å²) in [6.07, 6.45) is 4.81. The number of carbonyl (C=O) groups is 1. The van der Waals surface area contributed by atoms with Gasteiger partial charge in [-0.1, -0.05) is 31.2 Å². The topological polar surface area (TPSA) is 35.6 Å². The van der Waals surface area contributed by atoms with E-state index in [-0.39, 0.29) is 5.91 Å². The van der Waals surface area contributed by atoms with Crippen molar-refractivity contribution in [3.63, 3.8) is 0 Å². The molecule has 0 aromatic heterocycles. The van der Waals surface area contributed by atoms with Crippen LogP contribution in [0.3, 0.4) is 0 Å². The van der Waals surface area contributed by atoms with E-state index >= 15 is 0 Å². The highest BCUT2D eigenvalue weighted by atomic mass is 32.2. The summed E-state index contributed by atoms with van der Waals surface area (Å²) >= 11 is 1.87. The monoisotopic (exact) mass is 395 g/mol. The fourth-order valence-corrected chi connectivity index (χ4v) is 5.16. The van der Waals surface area contributed by atoms with Crippen LogP contribution < -0.4 is 15.1 Å². The van der Waals surface area contributed by atoms with Crippen LogP contribution in [0.1, 0.15) is 32.6 Å². The van der Waals surface area contributed by atoms with Gasteiger partial charge in [0, 0.05) is 29.8 Å². The highest BCUT2D eigenvalue weighted by Gasteiger charge is 2.24. The van der Waals surface area contributed by atoms with Crippen molar-refractivity contribution in [3.05, 3.63) is 48.5 Å². The van der Waals surface area contributed by atoms with E-state index in [4.69, 9.17) is 0 Å². The Morgan fingerprint density at radius 1 is 1.00 bits per heavy atom. The molecule has 4 nitrogen and oxygen atoms in total. The van der Waals surface area contributed by atoms with Crippen molar-refractivity contribution in [3.8, 4) is 0 Å². The van der Waals surface area contributed by atoms with Crippen molar-refractivity contribution in [1.29, 1.82) is 0 Å². The minimum absolute atomic E-state index is 0.135. The first-order chi connectivity index (χ1) is 13.7. The molecule has 2 aliphatic rings. The van der Waals surface area contributed by atoms with Crippen LogP contribution in [0.2, 0.25) is 0 Å². The smallest absolute Gasteiger partial charge is 0.246 e. The molecule has 0 spiro atoms. The molecule has 0 radical (unpaired) electrons. The lowest BCUT2D eigenvalue weighted by atomic mass is 10.1. The van der Waals surface area contributed by atoms with Crippen LogP contribution in [0.25, 0.3) is 0 Å². The lowest BCUT2D eigenvalue weighted by Gasteiger charge is -2.31. The molecule has 4 rings (SSSR count). The van der Waals surface area contributed by atoms with Gasteiger partial charge in [-0.2, -0.15) is 0 Å². The average Bonchev–Trinajstić information content (AvgIpc) is 2.91. The molecule has 0 bridgehead atoms. The first-order valence-electron chi connectivity index (χ1n) is 10.4. The number of amides is 1. The van der Waals surface area contributed by atoms with Crippen molar-refractivity contribution >= 4 is 34.7 Å². The van der Waals surface area contributed by atoms with Gasteiger partial charge in [-0.25, -0.2) is 0 Å². The van der Waals surface area contributed by atoms with Gasteiger partial charge in [0.1, 0.15) is 0 Å². The van der Waals surface area contributed by atoms with E-state index in [0.717, 1.165) is 37.4 Å². The van der Waals surface area contributed by atoms with E-state index in [0.29, 0.717) is 11.8 Å². The average molecular weight is 396 g/mol. The molecule has 2 aromatic carbocycles. The molecule has 1 saturated heterocycles. The molecule has 2 aliphatic heterocycles. The van der Waals surface area contributed by atoms with Gasteiger partial charge in [0.15, 0.2) is 0 Å². The Morgan fingerprint density at radius 2 is 1.71 bits per heavy atom. The molecule has 1 atom stereocenters. The Hall–Kier alpha value is -2.14. The van der Waals surface area contributed by atoms with Gasteiger partial charge in [-0.3, -0.25) is 4.79 Å². The van der Waals surface area contributed by atoms with Gasteiger partial charge in [-0.15, -0.1) is 11.8 Å². The van der Waals surface area contributed by atoms with Crippen LogP contribution in [0.5, 0.6) is 0 Å². The maximum absolute atomic E-state index is 13.1. The summed E-state index contributed by atoms with van der Waals surface area (Å²) in [5.74, 6) is 0.135. The van der Waals surface area contributed by atoms with Crippen LogP contribution >= 0.6 is 11.8 Å². The Labute approximate surface area is 172 Å². The number of carbonyl (C=O) groups excluding carboxylic acids is 1. The molecule has 2 heterocycles. The number of anilines is 3. The van der Waals surface area contributed by atoms with Crippen molar-refractivity contribution in [2.24, 2.45) is 0 Å². The SMILES string of the molecule is C[C@@H]1CCN(C(=O)CNc2ccccc2N2CCCCC2)c2ccccc2S1. The number of hydrogen-bond donors (Lipinski definition) is 1. The first kappa shape index (κ1) is 19.2. The van der Waals surface area contributed by atoms with Crippen LogP contribution in [-0.4, -0.2) is 37.3 Å². The molecule has 28 heavy (non-hydrogen) atoms. The standard InChI is InChI=1S/C23H29N3OS/c1-18-13-16-26(21-11-5-6-12-22(21)28-18)23(27)17-24-19-9-3-4-10-20(19)25-14-7-2-8-15-25/h3-6,9-12,18,24H,2,7-8,13-17H2,1H3/t18-/m1/s1. The third-order valence-electron chi connectivity index (χ3n) is 5.58. The number of fused-ring (bicyclic) bond motifs is 1. The predicted octanol–water partition coefficient (Wildman–Crippen LogP) is 5.01. The molecular formula is C23H29N3OS. The van der Waals surface area contributed by atoms with Crippen molar-refractivity contribution in [1.82, 2.24) is 0 Å². The summed E-state index contributed by atoms with van der Waals surface area (Å²) in [6, 6.07) is 16.7. The zero-order valence-corrected chi connectivity index (χ0v) is 17.4. The number of rotatable bonds is 4. The predicted molar refractivity (Wildman–Crippen MR) is 120 cm³/mol. The lowest BCUT2D eigenvalue weighted by molar-refractivity contribution is -0.117. The quantitative estimate of drug-likeness (QED) is 0.790. The summed E-state index contributed by atoms with van der Waals surface area (Å²) in [7, 11) is 0. The summed E-state index contributed by atoms with van der Waals surface area (Å²) in [4.78, 5) is 18.7. The number of nitrogens with one attached hydrogen (secondary N) is 1. The van der Waals surface area contributed by atoms with E-state index in [1.807, 2.05) is 28.8 Å². The van der Waals surface area contributed by atoms with E-state index in [9.17, 15) is 4.79 Å². The van der Waals surface area contributed by atoms with Gasteiger partial charge in [-0.05, 0) is 49.9 Å². The summed E-state index contributed by atoms with van der Waals surface area (Å²) in [5, 5.41) is 3.95. The van der Waals surface area contributed by atoms with Crippen LogP contribution in [0.4, 0.5) is 17.1 Å². The van der Waals surface area contributed by atoms with Crippen LogP contribution in [0.15, 0.2) is 53.4 Å². The fourth-order valence-electron chi connectivity index (χ4n) is 4.05. The second-order valence-corrected chi connectivity index (χ2v) is 9.13. The van der Waals surface area contributed by atoms with Crippen LogP contribution in [0, 0.1) is 0 Å². The number of para-hydroxylation sites is 3. The number of benzene rings is 2. The maximum atomic E-state index is 13.1. The zero-order chi connectivity index (χ0) is 19.3. The van der Waals surface area contributed by atoms with Crippen LogP contribution in [-0.2, 0) is 4.79 Å². The minimum atomic E-state index is 0.135. The third kappa shape index (κ3) is 4.30. The molecular weight excluding hydrogens is 366 g/mol. The minimum Gasteiger partial charge on any atom is -0.374 e. The normalized spacial score (nSPS) is 19.7. The summed E-state index contributed by atoms with van der Waals surface area (Å²) in [6.45, 7) is 5.53. The Morgan fingerprint density at radius 3 is 2.54 bits per heavy atom. The molecule has 0 saturated carbocycles. The fraction of sp³-hybridized carbons (Fsp3) is 0.435. The van der Waals surface area contributed by atoms with E-state index in [1.165, 1.54) is 29.8 Å². The van der Waals surface area contributed by atoms with Crippen molar-refractivity contribution in [2.75, 3.05) is 41.3 Å². The third-order valence-corrected chi connectivity index (χ3v) is 6.81. The number of piperidine rings is 1. The maximum Gasteiger partial charge on any atom is 0.246 e. The number of nitrogens with zero attached hydrogens (tertiary/aromatic N) is 2. The highest BCUT2D eigenvalue weighted by molar-refractivity contribution is 8.00. The lowest BCUT2D eigenvalue weighted by Crippen LogP contribution is -2.37. The molecule has 5 heteroatoms. The highest BCUT2D eigenvalue weighted by Crippen LogP contribution is 2.37.